The molecule has 0 heterocycles. The summed E-state index contributed by atoms with van der Waals surface area (Å²) in [6.45, 7) is 0. The number of hydrogen-bond acceptors (Lipinski definition) is 12. The van der Waals surface area contributed by atoms with Gasteiger partial charge in [0, 0.05) is 115 Å². The van der Waals surface area contributed by atoms with Gasteiger partial charge in [0.15, 0.2) is 0 Å². The molecule has 0 aromatic heterocycles. The highest BCUT2D eigenvalue weighted by molar-refractivity contribution is 5.69. The van der Waals surface area contributed by atoms with Crippen LogP contribution >= 0.6 is 0 Å². The first-order valence-corrected chi connectivity index (χ1v) is 20.1. The van der Waals surface area contributed by atoms with Gasteiger partial charge in [0.05, 0.1) is 0 Å². The van der Waals surface area contributed by atoms with E-state index in [-0.39, 0.29) is 89.8 Å². The molecule has 0 saturated carbocycles. The van der Waals surface area contributed by atoms with Crippen LogP contribution in [0.25, 0.3) is 0 Å². The Balaban J connectivity index is 1.51. The first-order chi connectivity index (χ1) is 30.7. The summed E-state index contributed by atoms with van der Waals surface area (Å²) in [6.07, 6.45) is 0. The van der Waals surface area contributed by atoms with Crippen molar-refractivity contribution in [1.29, 1.82) is 0 Å². The number of phenolic OH excluding ortho intramolecular Hbond substituents is 12. The third-order valence-electron chi connectivity index (χ3n) is 12.2. The Morgan fingerprint density at radius 3 is 0.484 bits per heavy atom. The van der Waals surface area contributed by atoms with Crippen LogP contribution in [0.3, 0.4) is 0 Å². The minimum absolute atomic E-state index is 0.00629. The van der Waals surface area contributed by atoms with Gasteiger partial charge in [-0.15, -0.1) is 0 Å². The van der Waals surface area contributed by atoms with E-state index < -0.39 is 69.7 Å². The fourth-order valence-corrected chi connectivity index (χ4v) is 9.23. The topological polar surface area (TPSA) is 243 Å². The van der Waals surface area contributed by atoms with Crippen LogP contribution in [0, 0.1) is 0 Å². The van der Waals surface area contributed by atoms with Crippen molar-refractivity contribution in [2.75, 3.05) is 0 Å². The zero-order valence-corrected chi connectivity index (χ0v) is 33.5. The van der Waals surface area contributed by atoms with Crippen molar-refractivity contribution in [1.82, 2.24) is 0 Å². The molecule has 8 bridgehead atoms. The lowest BCUT2D eigenvalue weighted by molar-refractivity contribution is 0.428. The van der Waals surface area contributed by atoms with Crippen LogP contribution in [0.5, 0.6) is 69.0 Å². The second-order valence-corrected chi connectivity index (χ2v) is 15.8. The number of para-hydroxylation sites is 4. The quantitative estimate of drug-likeness (QED) is 0.0793. The van der Waals surface area contributed by atoms with Gasteiger partial charge >= 0.3 is 0 Å². The van der Waals surface area contributed by atoms with E-state index in [2.05, 4.69) is 0 Å². The Morgan fingerprint density at radius 2 is 0.328 bits per heavy atom. The van der Waals surface area contributed by atoms with E-state index in [1.54, 1.807) is 72.8 Å². The van der Waals surface area contributed by atoms with Gasteiger partial charge in [-0.05, 0) is 48.5 Å². The molecule has 12 nitrogen and oxygen atoms in total. The van der Waals surface area contributed by atoms with Crippen molar-refractivity contribution in [3.63, 3.8) is 0 Å². The van der Waals surface area contributed by atoms with Crippen molar-refractivity contribution in [2.45, 2.75) is 23.7 Å². The minimum Gasteiger partial charge on any atom is -0.508 e. The monoisotopic (exact) mass is 856 g/mol. The largest absolute Gasteiger partial charge is 0.508 e. The highest BCUT2D eigenvalue weighted by Crippen LogP contribution is 2.55. The average Bonchev–Trinajstić information content (AvgIpc) is 3.25. The third kappa shape index (κ3) is 6.74. The van der Waals surface area contributed by atoms with Gasteiger partial charge in [0.25, 0.3) is 0 Å². The van der Waals surface area contributed by atoms with Crippen LogP contribution in [0.2, 0.25) is 0 Å². The Labute approximate surface area is 365 Å². The molecule has 8 aromatic carbocycles. The van der Waals surface area contributed by atoms with Crippen LogP contribution in [-0.4, -0.2) is 61.3 Å². The van der Waals surface area contributed by atoms with Crippen molar-refractivity contribution < 1.29 is 61.3 Å². The molecule has 0 radical (unpaired) electrons. The molecule has 8 aromatic rings. The minimum atomic E-state index is -1.30. The highest BCUT2D eigenvalue weighted by atomic mass is 16.3. The number of aromatic hydroxyl groups is 12. The highest BCUT2D eigenvalue weighted by Gasteiger charge is 2.37. The summed E-state index contributed by atoms with van der Waals surface area (Å²) in [5, 5.41) is 141. The zero-order chi connectivity index (χ0) is 45.1. The lowest BCUT2D eigenvalue weighted by atomic mass is 9.74. The number of rotatable bonds is 4. The summed E-state index contributed by atoms with van der Waals surface area (Å²) in [5.74, 6) is -10.3. The molecule has 12 heteroatoms. The molecule has 0 saturated heterocycles. The molecule has 0 unspecified atom stereocenters. The molecular formula is C52H40O12. The predicted molar refractivity (Wildman–Crippen MR) is 235 cm³/mol. The van der Waals surface area contributed by atoms with Crippen LogP contribution in [0.1, 0.15) is 90.4 Å². The van der Waals surface area contributed by atoms with Gasteiger partial charge < -0.3 is 61.3 Å². The SMILES string of the molecule is Oc1ccccc1C1c2cc(c(O)cc2O)C(c2ccccc2O)c2cc(c(O)cc2O)C(c2ccccc2O)c2cc(c(O)cc2O)C(c2ccccc2O)c2cc1c(O)cc2O. The first kappa shape index (κ1) is 40.7. The Kier molecular flexibility index (Phi) is 9.98. The molecule has 320 valence electrons. The molecule has 1 aliphatic carbocycles. The van der Waals surface area contributed by atoms with E-state index in [4.69, 9.17) is 0 Å². The Hall–Kier alpha value is -8.64. The summed E-state index contributed by atoms with van der Waals surface area (Å²) in [6, 6.07) is 34.3. The maximum atomic E-state index is 11.9. The standard InChI is InChI=1S/C52H40O12/c53-37-13-5-1-9-25(37)49-29-17-31(43(59)21-41(29)57)50(26-10-2-6-14-38(26)54)33-19-35(47(63)23-45(33)61)52(28-12-4-8-16-40(28)56)36-20-34(46(62)24-48(36)64)51(27-11-3-7-15-39(27)55)32-18-30(49)42(58)22-44(32)60/h1-24,49-64H. The third-order valence-corrected chi connectivity index (χ3v) is 12.2. The van der Waals surface area contributed by atoms with Crippen molar-refractivity contribution in [3.8, 4) is 69.0 Å². The number of benzene rings is 8. The van der Waals surface area contributed by atoms with Crippen LogP contribution in [-0.2, 0) is 0 Å². The van der Waals surface area contributed by atoms with E-state index in [1.165, 1.54) is 48.5 Å². The van der Waals surface area contributed by atoms with E-state index in [0.29, 0.717) is 0 Å². The maximum absolute atomic E-state index is 11.9. The number of phenols is 12. The summed E-state index contributed by atoms with van der Waals surface area (Å²) in [5.41, 5.74) is 0.545. The first-order valence-electron chi connectivity index (χ1n) is 20.1. The predicted octanol–water partition coefficient (Wildman–Crippen LogP) is 9.19. The summed E-state index contributed by atoms with van der Waals surface area (Å²) < 4.78 is 0. The fourth-order valence-electron chi connectivity index (χ4n) is 9.23. The molecule has 12 N–H and O–H groups in total. The van der Waals surface area contributed by atoms with Gasteiger partial charge in [-0.3, -0.25) is 0 Å². The molecule has 64 heavy (non-hydrogen) atoms. The van der Waals surface area contributed by atoms with Gasteiger partial charge in [-0.1, -0.05) is 72.8 Å². The molecular weight excluding hydrogens is 817 g/mol. The zero-order valence-electron chi connectivity index (χ0n) is 33.5. The lowest BCUT2D eigenvalue weighted by Gasteiger charge is -2.30. The summed E-state index contributed by atoms with van der Waals surface area (Å²) in [4.78, 5) is 0. The van der Waals surface area contributed by atoms with Crippen LogP contribution < -0.4 is 0 Å². The normalized spacial score (nSPS) is 16.9. The van der Waals surface area contributed by atoms with Gasteiger partial charge in [0.2, 0.25) is 0 Å². The molecule has 0 fully saturated rings. The molecule has 0 amide bonds. The molecule has 0 atom stereocenters. The van der Waals surface area contributed by atoms with Crippen molar-refractivity contribution >= 4 is 0 Å². The molecule has 9 rings (SSSR count). The number of hydrogen-bond donors (Lipinski definition) is 12. The Morgan fingerprint density at radius 1 is 0.172 bits per heavy atom. The number of fused-ring (bicyclic) bond motifs is 8. The van der Waals surface area contributed by atoms with Gasteiger partial charge in [-0.2, -0.15) is 0 Å². The van der Waals surface area contributed by atoms with Gasteiger partial charge in [-0.25, -0.2) is 0 Å². The molecule has 1 aliphatic rings. The van der Waals surface area contributed by atoms with E-state index >= 15 is 0 Å². The van der Waals surface area contributed by atoms with Crippen LogP contribution in [0.15, 0.2) is 146 Å². The second-order valence-electron chi connectivity index (χ2n) is 15.8. The Bertz CT molecular complexity index is 2620. The summed E-state index contributed by atoms with van der Waals surface area (Å²) in [7, 11) is 0. The molecule has 0 aliphatic heterocycles. The maximum Gasteiger partial charge on any atom is 0.123 e. The average molecular weight is 857 g/mol. The van der Waals surface area contributed by atoms with Crippen molar-refractivity contribution in [2.24, 2.45) is 0 Å². The van der Waals surface area contributed by atoms with E-state index in [9.17, 15) is 61.3 Å². The lowest BCUT2D eigenvalue weighted by Crippen LogP contribution is -2.13. The van der Waals surface area contributed by atoms with E-state index in [1.807, 2.05) is 0 Å². The molecule has 0 spiro atoms. The smallest absolute Gasteiger partial charge is 0.123 e. The van der Waals surface area contributed by atoms with Gasteiger partial charge in [0.1, 0.15) is 69.0 Å². The fraction of sp³-hybridized carbons (Fsp3) is 0.0769. The summed E-state index contributed by atoms with van der Waals surface area (Å²) >= 11 is 0. The van der Waals surface area contributed by atoms with E-state index in [0.717, 1.165) is 24.3 Å². The van der Waals surface area contributed by atoms with Crippen LogP contribution in [0.4, 0.5) is 0 Å². The second kappa shape index (κ2) is 15.7. The van der Waals surface area contributed by atoms with Crippen molar-refractivity contribution in [3.05, 3.63) is 212 Å².